The summed E-state index contributed by atoms with van der Waals surface area (Å²) in [4.78, 5) is 20.0. The van der Waals surface area contributed by atoms with Crippen molar-refractivity contribution >= 4 is 16.9 Å². The van der Waals surface area contributed by atoms with Crippen LogP contribution in [0.1, 0.15) is 62.6 Å². The van der Waals surface area contributed by atoms with Crippen molar-refractivity contribution in [1.29, 1.82) is 0 Å². The number of carbonyl (C=O) groups excluding carboxylic acids is 1. The van der Waals surface area contributed by atoms with Crippen molar-refractivity contribution in [3.8, 4) is 0 Å². The van der Waals surface area contributed by atoms with Crippen LogP contribution in [0, 0.1) is 0 Å². The fourth-order valence-corrected chi connectivity index (χ4v) is 3.19. The highest BCUT2D eigenvalue weighted by molar-refractivity contribution is 6.05. The third kappa shape index (κ3) is 2.90. The maximum atomic E-state index is 13.2. The number of aromatic nitrogens is 3. The molecule has 1 aliphatic rings. The van der Waals surface area contributed by atoms with Gasteiger partial charge in [-0.1, -0.05) is 13.8 Å². The number of amides is 1. The van der Waals surface area contributed by atoms with Crippen LogP contribution in [0.25, 0.3) is 11.0 Å². The quantitative estimate of drug-likeness (QED) is 0.940. The van der Waals surface area contributed by atoms with E-state index in [-0.39, 0.29) is 23.9 Å². The van der Waals surface area contributed by atoms with Crippen molar-refractivity contribution in [1.82, 2.24) is 25.0 Å². The highest BCUT2D eigenvalue weighted by Crippen LogP contribution is 2.26. The van der Waals surface area contributed by atoms with E-state index in [0.29, 0.717) is 0 Å². The first-order chi connectivity index (χ1) is 11.4. The monoisotopic (exact) mass is 329 g/mol. The summed E-state index contributed by atoms with van der Waals surface area (Å²) in [7, 11) is 0. The fourth-order valence-electron chi connectivity index (χ4n) is 3.19. The normalized spacial score (nSPS) is 18.8. The van der Waals surface area contributed by atoms with E-state index in [0.717, 1.165) is 41.9 Å². The first-order valence-corrected chi connectivity index (χ1v) is 8.80. The fraction of sp³-hybridized carbons (Fsp3) is 0.611. The third-order valence-electron chi connectivity index (χ3n) is 4.66. The lowest BCUT2D eigenvalue weighted by Gasteiger charge is -2.34. The lowest BCUT2D eigenvalue weighted by atomic mass is 10.0. The first-order valence-electron chi connectivity index (χ1n) is 8.80. The van der Waals surface area contributed by atoms with Gasteiger partial charge in [0.1, 0.15) is 0 Å². The van der Waals surface area contributed by atoms with Gasteiger partial charge < -0.3 is 10.2 Å². The number of rotatable bonds is 3. The van der Waals surface area contributed by atoms with Gasteiger partial charge in [0.2, 0.25) is 0 Å². The Balaban J connectivity index is 2.13. The average molecular weight is 329 g/mol. The maximum Gasteiger partial charge on any atom is 0.255 e. The van der Waals surface area contributed by atoms with Crippen molar-refractivity contribution in [3.05, 3.63) is 23.5 Å². The summed E-state index contributed by atoms with van der Waals surface area (Å²) < 4.78 is 1.90. The van der Waals surface area contributed by atoms with Crippen LogP contribution in [0.15, 0.2) is 12.3 Å². The molecule has 0 saturated carbocycles. The van der Waals surface area contributed by atoms with Crippen molar-refractivity contribution in [2.45, 2.75) is 52.6 Å². The molecule has 3 rings (SSSR count). The molecule has 1 atom stereocenters. The summed E-state index contributed by atoms with van der Waals surface area (Å²) in [6, 6.07) is 2.35. The summed E-state index contributed by atoms with van der Waals surface area (Å²) in [6.45, 7) is 12.9. The van der Waals surface area contributed by atoms with Gasteiger partial charge in [0.05, 0.1) is 17.1 Å². The molecule has 1 fully saturated rings. The molecule has 1 aliphatic heterocycles. The van der Waals surface area contributed by atoms with Crippen LogP contribution in [0.5, 0.6) is 0 Å². The Hall–Kier alpha value is -1.95. The molecule has 2 aromatic rings. The molecule has 1 saturated heterocycles. The van der Waals surface area contributed by atoms with Gasteiger partial charge >= 0.3 is 0 Å². The van der Waals surface area contributed by atoms with E-state index >= 15 is 0 Å². The average Bonchev–Trinajstić information content (AvgIpc) is 2.97. The first kappa shape index (κ1) is 16.9. The second-order valence-corrected chi connectivity index (χ2v) is 7.22. The zero-order valence-electron chi connectivity index (χ0n) is 15.2. The molecule has 0 aliphatic carbocycles. The lowest BCUT2D eigenvalue weighted by Crippen LogP contribution is -2.52. The molecule has 0 aromatic carbocycles. The molecule has 6 heteroatoms. The molecular formula is C18H27N5O. The van der Waals surface area contributed by atoms with Crippen LogP contribution < -0.4 is 5.32 Å². The van der Waals surface area contributed by atoms with Crippen LogP contribution in [0.4, 0.5) is 0 Å². The summed E-state index contributed by atoms with van der Waals surface area (Å²) in [5.41, 5.74) is 2.47. The minimum absolute atomic E-state index is 0.0848. The number of nitrogens with zero attached hydrogens (tertiary/aromatic N) is 4. The van der Waals surface area contributed by atoms with E-state index in [1.54, 1.807) is 6.20 Å². The van der Waals surface area contributed by atoms with Gasteiger partial charge in [-0.15, -0.1) is 0 Å². The molecule has 3 heterocycles. The summed E-state index contributed by atoms with van der Waals surface area (Å²) in [6.07, 6.45) is 1.78. The van der Waals surface area contributed by atoms with E-state index in [1.165, 1.54) is 0 Å². The van der Waals surface area contributed by atoms with Crippen molar-refractivity contribution in [2.75, 3.05) is 19.6 Å². The zero-order chi connectivity index (χ0) is 17.4. The molecular weight excluding hydrogens is 302 g/mol. The number of piperazine rings is 1. The van der Waals surface area contributed by atoms with Crippen LogP contribution in [0.2, 0.25) is 0 Å². The Morgan fingerprint density at radius 1 is 1.33 bits per heavy atom. The predicted molar refractivity (Wildman–Crippen MR) is 95.4 cm³/mol. The van der Waals surface area contributed by atoms with Crippen LogP contribution >= 0.6 is 0 Å². The molecule has 0 bridgehead atoms. The molecule has 0 unspecified atom stereocenters. The smallest absolute Gasteiger partial charge is 0.255 e. The number of hydrogen-bond donors (Lipinski definition) is 1. The largest absolute Gasteiger partial charge is 0.333 e. The highest BCUT2D eigenvalue weighted by Gasteiger charge is 2.27. The minimum atomic E-state index is 0.0848. The van der Waals surface area contributed by atoms with Crippen LogP contribution in [-0.2, 0) is 0 Å². The Morgan fingerprint density at radius 2 is 2.08 bits per heavy atom. The van der Waals surface area contributed by atoms with E-state index in [1.807, 2.05) is 15.6 Å². The zero-order valence-corrected chi connectivity index (χ0v) is 15.2. The van der Waals surface area contributed by atoms with Gasteiger partial charge in [-0.2, -0.15) is 5.10 Å². The van der Waals surface area contributed by atoms with Crippen LogP contribution in [0.3, 0.4) is 0 Å². The SMILES string of the molecule is CC(C)c1cc(C(=O)N2CCNC[C@@H]2C)c2cnn(C(C)C)c2n1. The topological polar surface area (TPSA) is 63.1 Å². The molecule has 0 spiro atoms. The lowest BCUT2D eigenvalue weighted by molar-refractivity contribution is 0.0657. The Kier molecular flexibility index (Phi) is 4.58. The second-order valence-electron chi connectivity index (χ2n) is 7.22. The van der Waals surface area contributed by atoms with Gasteiger partial charge in [0.15, 0.2) is 5.65 Å². The maximum absolute atomic E-state index is 13.2. The third-order valence-corrected chi connectivity index (χ3v) is 4.66. The number of pyridine rings is 1. The van der Waals surface area contributed by atoms with Crippen molar-refractivity contribution < 1.29 is 4.79 Å². The van der Waals surface area contributed by atoms with Crippen molar-refractivity contribution in [2.24, 2.45) is 0 Å². The minimum Gasteiger partial charge on any atom is -0.333 e. The molecule has 2 aromatic heterocycles. The molecule has 1 N–H and O–H groups in total. The van der Waals surface area contributed by atoms with Gasteiger partial charge in [0, 0.05) is 37.4 Å². The van der Waals surface area contributed by atoms with E-state index in [4.69, 9.17) is 4.98 Å². The number of fused-ring (bicyclic) bond motifs is 1. The number of hydrogen-bond acceptors (Lipinski definition) is 4. The van der Waals surface area contributed by atoms with Crippen molar-refractivity contribution in [3.63, 3.8) is 0 Å². The van der Waals surface area contributed by atoms with Gasteiger partial charge in [-0.3, -0.25) is 4.79 Å². The van der Waals surface area contributed by atoms with Crippen LogP contribution in [-0.4, -0.2) is 51.2 Å². The Morgan fingerprint density at radius 3 is 2.71 bits per heavy atom. The van der Waals surface area contributed by atoms with Gasteiger partial charge in [-0.05, 0) is 32.8 Å². The molecule has 0 radical (unpaired) electrons. The molecule has 1 amide bonds. The Bertz CT molecular complexity index is 749. The van der Waals surface area contributed by atoms with E-state index in [2.05, 4.69) is 45.0 Å². The highest BCUT2D eigenvalue weighted by atomic mass is 16.2. The van der Waals surface area contributed by atoms with Gasteiger partial charge in [0.25, 0.3) is 5.91 Å². The summed E-state index contributed by atoms with van der Waals surface area (Å²) in [5.74, 6) is 0.346. The Labute approximate surface area is 143 Å². The molecule has 24 heavy (non-hydrogen) atoms. The van der Waals surface area contributed by atoms with Gasteiger partial charge in [-0.25, -0.2) is 9.67 Å². The summed E-state index contributed by atoms with van der Waals surface area (Å²) in [5, 5.41) is 8.66. The predicted octanol–water partition coefficient (Wildman–Crippen LogP) is 2.57. The second kappa shape index (κ2) is 6.51. The van der Waals surface area contributed by atoms with E-state index < -0.39 is 0 Å². The summed E-state index contributed by atoms with van der Waals surface area (Å²) >= 11 is 0. The molecule has 130 valence electrons. The standard InChI is InChI=1S/C18H27N5O/c1-11(2)16-8-14(18(24)22-7-6-19-9-13(22)5)15-10-20-23(12(3)4)17(15)21-16/h8,10-13,19H,6-7,9H2,1-5H3/t13-/m0/s1. The number of nitrogens with one attached hydrogen (secondary N) is 1. The number of carbonyl (C=O) groups is 1. The van der Waals surface area contributed by atoms with E-state index in [9.17, 15) is 4.79 Å². The molecule has 6 nitrogen and oxygen atoms in total.